The molecule has 4 N–H and O–H groups in total. The number of ether oxygens (including phenoxy) is 1. The van der Waals surface area contributed by atoms with Gasteiger partial charge in [0.25, 0.3) is 5.92 Å². The largest absolute Gasteiger partial charge is 0.479 e. The van der Waals surface area contributed by atoms with E-state index in [9.17, 15) is 18.4 Å². The van der Waals surface area contributed by atoms with E-state index in [2.05, 4.69) is 20.1 Å². The lowest BCUT2D eigenvalue weighted by Crippen LogP contribution is -2.48. The molecule has 2 atom stereocenters. The number of aromatic nitrogens is 6. The number of alkyl halides is 2. The predicted octanol–water partition coefficient (Wildman–Crippen LogP) is 2.42. The second-order valence-electron chi connectivity index (χ2n) is 10.9. The molecule has 6 heterocycles. The summed E-state index contributed by atoms with van der Waals surface area (Å²) in [6.45, 7) is 4.04. The number of carboxylic acid groups (broad SMARTS) is 2. The number of nitrogens with zero attached hydrogens (tertiary/aromatic N) is 7. The van der Waals surface area contributed by atoms with Crippen molar-refractivity contribution in [1.29, 1.82) is 0 Å². The first-order chi connectivity index (χ1) is 21.8. The maximum atomic E-state index is 14.4. The average Bonchev–Trinajstić information content (AvgIpc) is 3.77. The van der Waals surface area contributed by atoms with Crippen LogP contribution in [-0.4, -0.2) is 98.9 Å². The smallest absolute Gasteiger partial charge is 0.335 e. The van der Waals surface area contributed by atoms with Crippen LogP contribution in [0.4, 0.5) is 8.78 Å². The summed E-state index contributed by atoms with van der Waals surface area (Å²) < 4.78 is 36.9. The van der Waals surface area contributed by atoms with Crippen LogP contribution < -0.4 is 0 Å². The first-order valence-corrected chi connectivity index (χ1v) is 15.2. The van der Waals surface area contributed by atoms with Crippen molar-refractivity contribution in [3.05, 3.63) is 74.6 Å². The molecule has 6 rings (SSSR count). The second-order valence-corrected chi connectivity index (χ2v) is 12.5. The number of piperidine rings is 1. The van der Waals surface area contributed by atoms with Gasteiger partial charge in [-0.25, -0.2) is 19.3 Å². The zero-order chi connectivity index (χ0) is 33.2. The van der Waals surface area contributed by atoms with Crippen molar-refractivity contribution in [3.8, 4) is 5.82 Å². The van der Waals surface area contributed by atoms with Gasteiger partial charge in [0.05, 0.1) is 29.0 Å². The summed E-state index contributed by atoms with van der Waals surface area (Å²) in [5.74, 6) is -5.80. The Morgan fingerprint density at radius 2 is 1.72 bits per heavy atom. The minimum atomic E-state index is -3.00. The SMILES string of the molecule is Cc1nn(-c2ncccc2Cn2nccn2)cc1CN1CCC2(CC1)OCC(F)(F)c1cc(Cl)sc12.O=C(O)[C@H](O)[C@@H](O)C(=O)O. The van der Waals surface area contributed by atoms with Gasteiger partial charge in [-0.15, -0.1) is 11.3 Å². The third-order valence-corrected chi connectivity index (χ3v) is 9.22. The molecule has 0 aromatic carbocycles. The maximum absolute atomic E-state index is 14.4. The van der Waals surface area contributed by atoms with Crippen molar-refractivity contribution in [1.82, 2.24) is 34.7 Å². The molecule has 4 aromatic rings. The number of aliphatic carboxylic acids is 2. The molecule has 246 valence electrons. The van der Waals surface area contributed by atoms with Crippen LogP contribution in [0, 0.1) is 6.92 Å². The van der Waals surface area contributed by atoms with Crippen LogP contribution in [0.2, 0.25) is 4.34 Å². The topological polar surface area (TPSA) is 189 Å². The molecule has 0 unspecified atom stereocenters. The highest BCUT2D eigenvalue weighted by atomic mass is 35.5. The minimum Gasteiger partial charge on any atom is -0.479 e. The lowest BCUT2D eigenvalue weighted by atomic mass is 9.84. The van der Waals surface area contributed by atoms with E-state index in [1.807, 2.05) is 25.3 Å². The lowest BCUT2D eigenvalue weighted by Gasteiger charge is -2.45. The first-order valence-electron chi connectivity index (χ1n) is 14.0. The fourth-order valence-corrected chi connectivity index (χ4v) is 6.77. The van der Waals surface area contributed by atoms with Gasteiger partial charge in [-0.2, -0.15) is 28.9 Å². The Morgan fingerprint density at radius 1 is 1.07 bits per heavy atom. The normalized spacial score (nSPS) is 18.3. The van der Waals surface area contributed by atoms with Gasteiger partial charge in [0.15, 0.2) is 18.0 Å². The van der Waals surface area contributed by atoms with E-state index in [-0.39, 0.29) is 5.56 Å². The van der Waals surface area contributed by atoms with E-state index in [0.717, 1.165) is 35.7 Å². The highest BCUT2D eigenvalue weighted by molar-refractivity contribution is 7.16. The Labute approximate surface area is 269 Å². The summed E-state index contributed by atoms with van der Waals surface area (Å²) in [5.41, 5.74) is 2.32. The number of halogens is 3. The number of hydrogen-bond donors (Lipinski definition) is 4. The molecular formula is C28H30ClF2N7O7S. The van der Waals surface area contributed by atoms with Crippen LogP contribution in [0.5, 0.6) is 0 Å². The maximum Gasteiger partial charge on any atom is 0.335 e. The number of fused-ring (bicyclic) bond motifs is 2. The Balaban J connectivity index is 0.000000362. The number of aliphatic hydroxyl groups excluding tert-OH is 2. The number of rotatable bonds is 8. The zero-order valence-electron chi connectivity index (χ0n) is 24.3. The van der Waals surface area contributed by atoms with Gasteiger partial charge in [0.1, 0.15) is 12.2 Å². The summed E-state index contributed by atoms with van der Waals surface area (Å²) in [6.07, 6.45) is 3.79. The molecule has 0 radical (unpaired) electrons. The molecule has 14 nitrogen and oxygen atoms in total. The number of pyridine rings is 1. The van der Waals surface area contributed by atoms with Crippen molar-refractivity contribution in [2.45, 2.75) is 56.6 Å². The second kappa shape index (κ2) is 13.5. The van der Waals surface area contributed by atoms with Crippen molar-refractivity contribution in [2.24, 2.45) is 0 Å². The number of thiophene rings is 1. The molecular weight excluding hydrogens is 652 g/mol. The molecule has 0 amide bonds. The van der Waals surface area contributed by atoms with Gasteiger partial charge >= 0.3 is 11.9 Å². The molecule has 0 bridgehead atoms. The fraction of sp³-hybridized carbons (Fsp3) is 0.429. The highest BCUT2D eigenvalue weighted by Crippen LogP contribution is 2.52. The third kappa shape index (κ3) is 7.08. The number of hydrogen-bond acceptors (Lipinski definition) is 11. The molecule has 4 aromatic heterocycles. The number of aryl methyl sites for hydroxylation is 1. The average molecular weight is 682 g/mol. The summed E-state index contributed by atoms with van der Waals surface area (Å²) >= 11 is 7.35. The van der Waals surface area contributed by atoms with E-state index in [1.54, 1.807) is 28.1 Å². The summed E-state index contributed by atoms with van der Waals surface area (Å²) in [7, 11) is 0. The van der Waals surface area contributed by atoms with E-state index in [1.165, 1.54) is 17.4 Å². The monoisotopic (exact) mass is 681 g/mol. The van der Waals surface area contributed by atoms with Crippen molar-refractivity contribution < 1.29 is 43.5 Å². The van der Waals surface area contributed by atoms with Gasteiger partial charge in [-0.3, -0.25) is 4.90 Å². The molecule has 1 saturated heterocycles. The Hall–Kier alpha value is -3.87. The molecule has 18 heteroatoms. The van der Waals surface area contributed by atoms with Crippen LogP contribution >= 0.6 is 22.9 Å². The quantitative estimate of drug-likeness (QED) is 0.213. The fourth-order valence-electron chi connectivity index (χ4n) is 5.29. The van der Waals surface area contributed by atoms with E-state index >= 15 is 0 Å². The van der Waals surface area contributed by atoms with Gasteiger partial charge in [0, 0.05) is 53.6 Å². The molecule has 0 aliphatic carbocycles. The molecule has 0 saturated carbocycles. The standard InChI is InChI=1S/C24H24ClF2N7OS.C4H6O6/c1-16-18(13-33(31-16)22-17(3-2-6-28-22)14-34-29-7-8-30-34)12-32-9-4-23(5-10-32)21-19(11-20(25)36-21)24(26,27)15-35-23;5-1(3(7)8)2(6)4(9)10/h2-3,6-8,11,13H,4-5,9-10,12,14-15H2,1H3;1-2,5-6H,(H,7,8)(H,9,10)/t;1-,2-/m.1/s1. The Morgan fingerprint density at radius 3 is 2.35 bits per heavy atom. The van der Waals surface area contributed by atoms with Crippen LogP contribution in [0.15, 0.2) is 43.0 Å². The van der Waals surface area contributed by atoms with E-state index in [0.29, 0.717) is 35.1 Å². The predicted molar refractivity (Wildman–Crippen MR) is 158 cm³/mol. The van der Waals surface area contributed by atoms with Gasteiger partial charge in [0.2, 0.25) is 0 Å². The summed E-state index contributed by atoms with van der Waals surface area (Å²) in [4.78, 5) is 28.6. The molecule has 1 fully saturated rings. The Bertz CT molecular complexity index is 1670. The zero-order valence-corrected chi connectivity index (χ0v) is 25.9. The number of aliphatic hydroxyl groups is 2. The third-order valence-electron chi connectivity index (χ3n) is 7.77. The summed E-state index contributed by atoms with van der Waals surface area (Å²) in [6, 6.07) is 5.29. The molecule has 46 heavy (non-hydrogen) atoms. The van der Waals surface area contributed by atoms with Crippen molar-refractivity contribution >= 4 is 34.9 Å². The Kier molecular flexibility index (Phi) is 9.81. The van der Waals surface area contributed by atoms with Crippen LogP contribution in [0.3, 0.4) is 0 Å². The van der Waals surface area contributed by atoms with Gasteiger partial charge < -0.3 is 25.2 Å². The number of carboxylic acids is 2. The highest BCUT2D eigenvalue weighted by Gasteiger charge is 2.51. The van der Waals surface area contributed by atoms with Gasteiger partial charge in [-0.05, 0) is 31.9 Å². The number of carbonyl (C=O) groups is 2. The van der Waals surface area contributed by atoms with E-state index < -0.39 is 42.3 Å². The first kappa shape index (κ1) is 33.5. The van der Waals surface area contributed by atoms with Crippen LogP contribution in [0.25, 0.3) is 5.82 Å². The number of likely N-dealkylation sites (tertiary alicyclic amines) is 1. The lowest BCUT2D eigenvalue weighted by molar-refractivity contribution is -0.182. The van der Waals surface area contributed by atoms with E-state index in [4.69, 9.17) is 41.9 Å². The van der Waals surface area contributed by atoms with Crippen LogP contribution in [-0.2, 0) is 38.9 Å². The van der Waals surface area contributed by atoms with Gasteiger partial charge in [-0.1, -0.05) is 17.7 Å². The molecule has 2 aliphatic heterocycles. The summed E-state index contributed by atoms with van der Waals surface area (Å²) in [5, 5.41) is 45.6. The molecule has 2 aliphatic rings. The van der Waals surface area contributed by atoms with Crippen molar-refractivity contribution in [2.75, 3.05) is 19.7 Å². The molecule has 1 spiro atoms. The van der Waals surface area contributed by atoms with Crippen molar-refractivity contribution in [3.63, 3.8) is 0 Å². The minimum absolute atomic E-state index is 0.0331. The van der Waals surface area contributed by atoms with Crippen LogP contribution in [0.1, 0.15) is 40.1 Å².